The molecule has 146 valence electrons. The summed E-state index contributed by atoms with van der Waals surface area (Å²) in [6.07, 6.45) is 5.95. The lowest BCUT2D eigenvalue weighted by Gasteiger charge is -2.31. The van der Waals surface area contributed by atoms with Gasteiger partial charge in [0.1, 0.15) is 0 Å². The van der Waals surface area contributed by atoms with Gasteiger partial charge in [0.25, 0.3) is 0 Å². The van der Waals surface area contributed by atoms with E-state index in [9.17, 15) is 0 Å². The molecule has 1 saturated heterocycles. The van der Waals surface area contributed by atoms with Crippen LogP contribution in [0.5, 0.6) is 0 Å². The summed E-state index contributed by atoms with van der Waals surface area (Å²) in [5.41, 5.74) is 4.89. The highest BCUT2D eigenvalue weighted by atomic mass is 32.1. The van der Waals surface area contributed by atoms with Crippen LogP contribution >= 0.6 is 11.3 Å². The minimum absolute atomic E-state index is 0.475. The molecule has 3 aromatic rings. The van der Waals surface area contributed by atoms with Gasteiger partial charge >= 0.3 is 0 Å². The molecule has 1 aromatic carbocycles. The molecular weight excluding hydrogens is 366 g/mol. The summed E-state index contributed by atoms with van der Waals surface area (Å²) < 4.78 is 0. The van der Waals surface area contributed by atoms with Crippen molar-refractivity contribution in [3.8, 4) is 0 Å². The predicted molar refractivity (Wildman–Crippen MR) is 115 cm³/mol. The molecule has 1 N–H and O–H groups in total. The molecule has 1 aliphatic heterocycles. The van der Waals surface area contributed by atoms with E-state index >= 15 is 0 Å². The van der Waals surface area contributed by atoms with E-state index in [1.807, 2.05) is 13.1 Å². The molecule has 0 bridgehead atoms. The lowest BCUT2D eigenvalue weighted by molar-refractivity contribution is 0.203. The van der Waals surface area contributed by atoms with Gasteiger partial charge in [-0.05, 0) is 52.3 Å². The number of likely N-dealkylation sites (tertiary alicyclic amines) is 1. The van der Waals surface area contributed by atoms with Gasteiger partial charge in [0, 0.05) is 23.5 Å². The normalized spacial score (nSPS) is 15.7. The zero-order chi connectivity index (χ0) is 19.5. The highest BCUT2D eigenvalue weighted by Crippen LogP contribution is 2.29. The molecule has 3 heterocycles. The first kappa shape index (κ1) is 19.0. The summed E-state index contributed by atoms with van der Waals surface area (Å²) >= 11 is 1.66. The molecule has 28 heavy (non-hydrogen) atoms. The second kappa shape index (κ2) is 8.37. The zero-order valence-corrected chi connectivity index (χ0v) is 17.6. The second-order valence-electron chi connectivity index (χ2n) is 7.65. The van der Waals surface area contributed by atoms with Crippen LogP contribution in [0.15, 0.2) is 36.7 Å². The summed E-state index contributed by atoms with van der Waals surface area (Å²) in [6.45, 7) is 9.51. The van der Waals surface area contributed by atoms with Crippen LogP contribution in [0.4, 0.5) is 10.9 Å². The third-order valence-corrected chi connectivity index (χ3v) is 6.40. The van der Waals surface area contributed by atoms with E-state index in [2.05, 4.69) is 58.3 Å². The first-order valence-electron chi connectivity index (χ1n) is 9.88. The first-order valence-corrected chi connectivity index (χ1v) is 10.7. The number of piperidine rings is 1. The number of nitrogens with one attached hydrogen (secondary N) is 1. The molecule has 1 fully saturated rings. The highest BCUT2D eigenvalue weighted by Gasteiger charge is 2.22. The number of nitrogens with zero attached hydrogens (tertiary/aromatic N) is 4. The first-order chi connectivity index (χ1) is 13.6. The number of hydrogen-bond acceptors (Lipinski definition) is 6. The molecule has 0 radical (unpaired) electrons. The lowest BCUT2D eigenvalue weighted by Crippen LogP contribution is -2.32. The van der Waals surface area contributed by atoms with Crippen molar-refractivity contribution in [3.05, 3.63) is 64.1 Å². The SMILES string of the molecule is Cc1cccc(CN2CCC(c3cncc(Nc4nc(C)c(C)s4)n3)CC2)c1. The van der Waals surface area contributed by atoms with Gasteiger partial charge in [0.2, 0.25) is 0 Å². The monoisotopic (exact) mass is 393 g/mol. The summed E-state index contributed by atoms with van der Waals surface area (Å²) in [7, 11) is 0. The van der Waals surface area contributed by atoms with Crippen molar-refractivity contribution in [2.24, 2.45) is 0 Å². The zero-order valence-electron chi connectivity index (χ0n) is 16.8. The Hall–Kier alpha value is -2.31. The molecule has 0 aliphatic carbocycles. The van der Waals surface area contributed by atoms with Crippen LogP contribution in [-0.2, 0) is 6.54 Å². The van der Waals surface area contributed by atoms with E-state index in [0.29, 0.717) is 5.92 Å². The maximum Gasteiger partial charge on any atom is 0.188 e. The van der Waals surface area contributed by atoms with E-state index in [4.69, 9.17) is 4.98 Å². The van der Waals surface area contributed by atoms with Crippen molar-refractivity contribution < 1.29 is 0 Å². The summed E-state index contributed by atoms with van der Waals surface area (Å²) in [6, 6.07) is 8.82. The topological polar surface area (TPSA) is 53.9 Å². The van der Waals surface area contributed by atoms with Crippen LogP contribution in [0, 0.1) is 20.8 Å². The number of benzene rings is 1. The van der Waals surface area contributed by atoms with Gasteiger partial charge in [0.05, 0.1) is 17.6 Å². The Morgan fingerprint density at radius 1 is 1.11 bits per heavy atom. The Bertz CT molecular complexity index is 924. The van der Waals surface area contributed by atoms with E-state index in [-0.39, 0.29) is 0 Å². The number of aryl methyl sites for hydroxylation is 3. The fourth-order valence-corrected chi connectivity index (χ4v) is 4.55. The molecular formula is C22H27N5S. The number of hydrogen-bond donors (Lipinski definition) is 1. The molecule has 2 aromatic heterocycles. The Labute approximate surface area is 170 Å². The molecule has 0 unspecified atom stereocenters. The molecule has 0 amide bonds. The van der Waals surface area contributed by atoms with E-state index in [0.717, 1.165) is 54.8 Å². The molecule has 0 atom stereocenters. The van der Waals surface area contributed by atoms with Crippen molar-refractivity contribution in [1.82, 2.24) is 19.9 Å². The minimum atomic E-state index is 0.475. The number of aromatic nitrogens is 3. The molecule has 1 aliphatic rings. The average Bonchev–Trinajstić information content (AvgIpc) is 3.00. The lowest BCUT2D eigenvalue weighted by atomic mass is 9.93. The summed E-state index contributed by atoms with van der Waals surface area (Å²) in [4.78, 5) is 17.6. The molecule has 6 heteroatoms. The maximum atomic E-state index is 4.83. The fraction of sp³-hybridized carbons (Fsp3) is 0.409. The van der Waals surface area contributed by atoms with E-state index in [1.54, 1.807) is 17.5 Å². The van der Waals surface area contributed by atoms with Crippen LogP contribution in [0.3, 0.4) is 0 Å². The Kier molecular flexibility index (Phi) is 5.69. The van der Waals surface area contributed by atoms with Gasteiger partial charge in [-0.15, -0.1) is 11.3 Å². The number of anilines is 2. The van der Waals surface area contributed by atoms with Crippen molar-refractivity contribution >= 4 is 22.3 Å². The van der Waals surface area contributed by atoms with Gasteiger partial charge in [0.15, 0.2) is 10.9 Å². The third kappa shape index (κ3) is 4.56. The van der Waals surface area contributed by atoms with Crippen molar-refractivity contribution in [1.29, 1.82) is 0 Å². The third-order valence-electron chi connectivity index (χ3n) is 5.41. The smallest absolute Gasteiger partial charge is 0.188 e. The summed E-state index contributed by atoms with van der Waals surface area (Å²) in [5.74, 6) is 1.26. The van der Waals surface area contributed by atoms with Gasteiger partial charge in [-0.3, -0.25) is 9.88 Å². The summed E-state index contributed by atoms with van der Waals surface area (Å²) in [5, 5.41) is 4.20. The Morgan fingerprint density at radius 2 is 1.93 bits per heavy atom. The van der Waals surface area contributed by atoms with Crippen LogP contribution < -0.4 is 5.32 Å². The largest absolute Gasteiger partial charge is 0.315 e. The van der Waals surface area contributed by atoms with Gasteiger partial charge in [-0.2, -0.15) is 0 Å². The number of rotatable bonds is 5. The van der Waals surface area contributed by atoms with Crippen LogP contribution in [-0.4, -0.2) is 32.9 Å². The molecule has 5 nitrogen and oxygen atoms in total. The second-order valence-corrected chi connectivity index (χ2v) is 8.86. The van der Waals surface area contributed by atoms with Crippen molar-refractivity contribution in [2.75, 3.05) is 18.4 Å². The Balaban J connectivity index is 1.36. The van der Waals surface area contributed by atoms with Crippen molar-refractivity contribution in [3.63, 3.8) is 0 Å². The number of thiazole rings is 1. The fourth-order valence-electron chi connectivity index (χ4n) is 3.73. The Morgan fingerprint density at radius 3 is 2.64 bits per heavy atom. The maximum absolute atomic E-state index is 4.83. The minimum Gasteiger partial charge on any atom is -0.315 e. The van der Waals surface area contributed by atoms with Gasteiger partial charge in [-0.1, -0.05) is 29.8 Å². The van der Waals surface area contributed by atoms with E-state index < -0.39 is 0 Å². The van der Waals surface area contributed by atoms with Crippen LogP contribution in [0.1, 0.15) is 46.2 Å². The molecule has 0 saturated carbocycles. The van der Waals surface area contributed by atoms with Crippen molar-refractivity contribution in [2.45, 2.75) is 46.1 Å². The van der Waals surface area contributed by atoms with Gasteiger partial charge < -0.3 is 5.32 Å². The average molecular weight is 394 g/mol. The predicted octanol–water partition coefficient (Wildman–Crippen LogP) is 4.98. The van der Waals surface area contributed by atoms with Crippen LogP contribution in [0.2, 0.25) is 0 Å². The molecule has 4 rings (SSSR count). The van der Waals surface area contributed by atoms with E-state index in [1.165, 1.54) is 16.0 Å². The van der Waals surface area contributed by atoms with Gasteiger partial charge in [-0.25, -0.2) is 9.97 Å². The van der Waals surface area contributed by atoms with Crippen LogP contribution in [0.25, 0.3) is 0 Å². The molecule has 0 spiro atoms. The quantitative estimate of drug-likeness (QED) is 0.662. The highest BCUT2D eigenvalue weighted by molar-refractivity contribution is 7.15. The standard InChI is InChI=1S/C22H27N5S/c1-15-5-4-6-18(11-15)14-27-9-7-19(8-10-27)20-12-23-13-21(25-20)26-22-24-16(2)17(3)28-22/h4-6,11-13,19H,7-10,14H2,1-3H3,(H,24,25,26).